The fraction of sp³-hybridized carbons (Fsp3) is 0.0213. The minimum Gasteiger partial charge on any atom is -0.457 e. The molecule has 10 rings (SSSR count). The largest absolute Gasteiger partial charge is 0.457 e. The molecular formula is C47H30O. The van der Waals surface area contributed by atoms with Crippen LogP contribution in [0.25, 0.3) is 55.3 Å². The molecule has 48 heavy (non-hydrogen) atoms. The van der Waals surface area contributed by atoms with Gasteiger partial charge in [-0.05, 0) is 78.5 Å². The summed E-state index contributed by atoms with van der Waals surface area (Å²) in [5.74, 6) is 1.82. The van der Waals surface area contributed by atoms with Crippen molar-refractivity contribution in [3.8, 4) is 56.0 Å². The van der Waals surface area contributed by atoms with Gasteiger partial charge in [0.25, 0.3) is 0 Å². The first-order valence-corrected chi connectivity index (χ1v) is 16.6. The van der Waals surface area contributed by atoms with Gasteiger partial charge in [-0.25, -0.2) is 0 Å². The molecule has 2 aliphatic rings. The minimum atomic E-state index is -0.440. The van der Waals surface area contributed by atoms with Gasteiger partial charge in [-0.2, -0.15) is 0 Å². The molecule has 0 bridgehead atoms. The smallest absolute Gasteiger partial charge is 0.132 e. The lowest BCUT2D eigenvalue weighted by Gasteiger charge is -2.39. The number of fused-ring (bicyclic) bond motifs is 10. The maximum atomic E-state index is 6.75. The van der Waals surface area contributed by atoms with Crippen LogP contribution in [-0.4, -0.2) is 0 Å². The molecule has 0 N–H and O–H groups in total. The molecule has 1 aliphatic carbocycles. The molecule has 1 spiro atoms. The van der Waals surface area contributed by atoms with E-state index in [9.17, 15) is 0 Å². The second-order valence-corrected chi connectivity index (χ2v) is 12.8. The van der Waals surface area contributed by atoms with Gasteiger partial charge in [0.05, 0.1) is 5.41 Å². The van der Waals surface area contributed by atoms with E-state index >= 15 is 0 Å². The van der Waals surface area contributed by atoms with Crippen LogP contribution in [0.2, 0.25) is 0 Å². The molecule has 1 aliphatic heterocycles. The molecule has 0 fully saturated rings. The Labute approximate surface area is 280 Å². The highest BCUT2D eigenvalue weighted by molar-refractivity contribution is 6.06. The minimum absolute atomic E-state index is 0.440. The van der Waals surface area contributed by atoms with Crippen LogP contribution < -0.4 is 4.74 Å². The zero-order chi connectivity index (χ0) is 31.7. The Morgan fingerprint density at radius 3 is 1.50 bits per heavy atom. The van der Waals surface area contributed by atoms with Crippen LogP contribution in [0.4, 0.5) is 0 Å². The quantitative estimate of drug-likeness (QED) is 0.193. The number of ether oxygens (including phenoxy) is 1. The van der Waals surface area contributed by atoms with Crippen molar-refractivity contribution in [1.82, 2.24) is 0 Å². The first-order chi connectivity index (χ1) is 23.8. The van der Waals surface area contributed by atoms with Gasteiger partial charge in [0.2, 0.25) is 0 Å². The zero-order valence-electron chi connectivity index (χ0n) is 26.2. The lowest BCUT2D eigenvalue weighted by Crippen LogP contribution is -2.32. The summed E-state index contributed by atoms with van der Waals surface area (Å²) in [5.41, 5.74) is 14.4. The highest BCUT2D eigenvalue weighted by Crippen LogP contribution is 2.62. The Bertz CT molecular complexity index is 2470. The molecule has 8 aromatic rings. The summed E-state index contributed by atoms with van der Waals surface area (Å²) < 4.78 is 6.75. The number of para-hydroxylation sites is 1. The molecule has 1 heterocycles. The summed E-state index contributed by atoms with van der Waals surface area (Å²) >= 11 is 0. The SMILES string of the molecule is c1ccc(-c2cccc3cccc(-c4ccc(-c5ccc6c(c5)Oc5ccccc5C65c6ccccc6-c6ccccc65)cc4)c23)cc1. The van der Waals surface area contributed by atoms with Gasteiger partial charge >= 0.3 is 0 Å². The van der Waals surface area contributed by atoms with E-state index in [1.165, 1.54) is 66.4 Å². The summed E-state index contributed by atoms with van der Waals surface area (Å²) in [6, 6.07) is 66.0. The molecule has 1 heteroatoms. The van der Waals surface area contributed by atoms with Crippen molar-refractivity contribution in [3.05, 3.63) is 204 Å². The third kappa shape index (κ3) is 3.79. The van der Waals surface area contributed by atoms with Crippen LogP contribution in [-0.2, 0) is 5.41 Å². The van der Waals surface area contributed by atoms with E-state index in [2.05, 4.69) is 182 Å². The van der Waals surface area contributed by atoms with Crippen molar-refractivity contribution in [2.75, 3.05) is 0 Å². The van der Waals surface area contributed by atoms with E-state index in [0.717, 1.165) is 22.6 Å². The molecule has 0 aromatic heterocycles. The third-order valence-electron chi connectivity index (χ3n) is 10.4. The molecular weight excluding hydrogens is 581 g/mol. The molecule has 0 saturated heterocycles. The van der Waals surface area contributed by atoms with E-state index in [1.807, 2.05) is 0 Å². The van der Waals surface area contributed by atoms with E-state index in [-0.39, 0.29) is 0 Å². The molecule has 0 amide bonds. The lowest BCUT2D eigenvalue weighted by molar-refractivity contribution is 0.436. The van der Waals surface area contributed by atoms with Crippen molar-refractivity contribution in [2.24, 2.45) is 0 Å². The fourth-order valence-electron chi connectivity index (χ4n) is 8.32. The average Bonchev–Trinajstić information content (AvgIpc) is 3.45. The van der Waals surface area contributed by atoms with Crippen LogP contribution in [0.1, 0.15) is 22.3 Å². The first-order valence-electron chi connectivity index (χ1n) is 16.6. The Balaban J connectivity index is 1.10. The number of rotatable bonds is 3. The Morgan fingerprint density at radius 1 is 0.312 bits per heavy atom. The summed E-state index contributed by atoms with van der Waals surface area (Å²) in [5, 5.41) is 2.52. The van der Waals surface area contributed by atoms with Gasteiger partial charge in [0.15, 0.2) is 0 Å². The van der Waals surface area contributed by atoms with Crippen molar-refractivity contribution >= 4 is 10.8 Å². The highest BCUT2D eigenvalue weighted by atomic mass is 16.5. The fourth-order valence-corrected chi connectivity index (χ4v) is 8.32. The maximum absolute atomic E-state index is 6.75. The number of hydrogen-bond donors (Lipinski definition) is 0. The predicted octanol–water partition coefficient (Wildman–Crippen LogP) is 12.3. The van der Waals surface area contributed by atoms with Crippen LogP contribution >= 0.6 is 0 Å². The highest BCUT2D eigenvalue weighted by Gasteiger charge is 2.50. The lowest BCUT2D eigenvalue weighted by atomic mass is 9.66. The van der Waals surface area contributed by atoms with E-state index < -0.39 is 5.41 Å². The number of benzene rings is 8. The van der Waals surface area contributed by atoms with Crippen LogP contribution in [0.15, 0.2) is 182 Å². The second kappa shape index (κ2) is 10.4. The van der Waals surface area contributed by atoms with Gasteiger partial charge in [-0.15, -0.1) is 0 Å². The summed E-state index contributed by atoms with van der Waals surface area (Å²) in [6.07, 6.45) is 0. The van der Waals surface area contributed by atoms with Crippen molar-refractivity contribution < 1.29 is 4.74 Å². The van der Waals surface area contributed by atoms with Gasteiger partial charge in [0, 0.05) is 11.1 Å². The Morgan fingerprint density at radius 2 is 0.812 bits per heavy atom. The van der Waals surface area contributed by atoms with Gasteiger partial charge in [-0.3, -0.25) is 0 Å². The average molecular weight is 611 g/mol. The molecule has 0 radical (unpaired) electrons. The first kappa shape index (κ1) is 27.0. The van der Waals surface area contributed by atoms with E-state index in [0.29, 0.717) is 0 Å². The Kier molecular flexibility index (Phi) is 5.86. The molecule has 8 aromatic carbocycles. The topological polar surface area (TPSA) is 9.23 Å². The van der Waals surface area contributed by atoms with Gasteiger partial charge in [0.1, 0.15) is 11.5 Å². The van der Waals surface area contributed by atoms with Crippen molar-refractivity contribution in [2.45, 2.75) is 5.41 Å². The standard InChI is InChI=1S/C47H30O/c1-2-12-32(13-3-1)36-18-10-14-34-15-11-19-37(46(34)36)33-26-24-31(25-27-33)35-28-29-43-45(30-35)48-44-23-9-8-22-42(44)47(43)40-20-6-4-16-38(40)39-17-5-7-21-41(39)47/h1-30H. The third-order valence-corrected chi connectivity index (χ3v) is 10.4. The molecule has 224 valence electrons. The molecule has 1 nitrogen and oxygen atoms in total. The molecule has 0 atom stereocenters. The van der Waals surface area contributed by atoms with E-state index in [1.54, 1.807) is 0 Å². The van der Waals surface area contributed by atoms with Crippen LogP contribution in [0, 0.1) is 0 Å². The van der Waals surface area contributed by atoms with Crippen LogP contribution in [0.5, 0.6) is 11.5 Å². The predicted molar refractivity (Wildman–Crippen MR) is 198 cm³/mol. The van der Waals surface area contributed by atoms with Crippen molar-refractivity contribution in [3.63, 3.8) is 0 Å². The zero-order valence-corrected chi connectivity index (χ0v) is 26.2. The van der Waals surface area contributed by atoms with Crippen LogP contribution in [0.3, 0.4) is 0 Å². The summed E-state index contributed by atoms with van der Waals surface area (Å²) in [7, 11) is 0. The Hall–Kier alpha value is -6.18. The normalized spacial score (nSPS) is 13.3. The van der Waals surface area contributed by atoms with Gasteiger partial charge in [-0.1, -0.05) is 170 Å². The maximum Gasteiger partial charge on any atom is 0.132 e. The number of hydrogen-bond acceptors (Lipinski definition) is 1. The summed E-state index contributed by atoms with van der Waals surface area (Å²) in [4.78, 5) is 0. The van der Waals surface area contributed by atoms with Gasteiger partial charge < -0.3 is 4.74 Å². The summed E-state index contributed by atoms with van der Waals surface area (Å²) in [6.45, 7) is 0. The molecule has 0 unspecified atom stereocenters. The monoisotopic (exact) mass is 610 g/mol. The van der Waals surface area contributed by atoms with E-state index in [4.69, 9.17) is 4.74 Å². The molecule has 0 saturated carbocycles. The second-order valence-electron chi connectivity index (χ2n) is 12.8. The van der Waals surface area contributed by atoms with Crippen molar-refractivity contribution in [1.29, 1.82) is 0 Å².